The Morgan fingerprint density at radius 2 is 1.69 bits per heavy atom. The minimum atomic E-state index is -1.16. The fourth-order valence-electron chi connectivity index (χ4n) is 5.33. The number of rotatable bonds is 14. The van der Waals surface area contributed by atoms with E-state index >= 15 is 0 Å². The second-order valence-corrected chi connectivity index (χ2v) is 10.9. The molecule has 248 valence electrons. The van der Waals surface area contributed by atoms with Crippen LogP contribution in [0.4, 0.5) is 10.5 Å². The number of phenols is 1. The van der Waals surface area contributed by atoms with E-state index in [2.05, 4.69) is 20.9 Å². The fourth-order valence-corrected chi connectivity index (χ4v) is 5.33. The number of hydrogen-bond donors (Lipinski definition) is 7. The predicted octanol–water partition coefficient (Wildman–Crippen LogP) is 4.83. The molecule has 0 aliphatic carbocycles. The highest BCUT2D eigenvalue weighted by atomic mass is 16.5. The zero-order valence-corrected chi connectivity index (χ0v) is 26.1. The van der Waals surface area contributed by atoms with Crippen LogP contribution >= 0.6 is 0 Å². The van der Waals surface area contributed by atoms with Gasteiger partial charge in [-0.15, -0.1) is 0 Å². The number of fused-ring (bicyclic) bond motifs is 1. The highest BCUT2D eigenvalue weighted by Gasteiger charge is 2.18. The third-order valence-corrected chi connectivity index (χ3v) is 7.53. The standard InChI is InChI=1S/C36H36N4O8/c1-2-47-31-18-25(12-11-24(31)19-37-20-30(42)27-13-15-29(41)35-28(27)14-16-32(43)39-35)38-33(44)21-48-26-10-6-9-23(17-26)34(40-36(45)46)22-7-4-3-5-8-22/h3-18,30,34,37,40-42H,2,19-21H2,1H3,(H,38,44)(H,39,43)(H,45,46)/t30-,34?/m1/s1. The van der Waals surface area contributed by atoms with Gasteiger partial charge in [0.1, 0.15) is 17.2 Å². The van der Waals surface area contributed by atoms with E-state index < -0.39 is 24.1 Å². The largest absolute Gasteiger partial charge is 0.506 e. The molecule has 5 rings (SSSR count). The lowest BCUT2D eigenvalue weighted by Crippen LogP contribution is -2.27. The number of ether oxygens (including phenoxy) is 2. The molecular formula is C36H36N4O8. The first kappa shape index (κ1) is 33.5. The molecule has 0 bridgehead atoms. The number of carbonyl (C=O) groups is 2. The maximum atomic E-state index is 12.8. The number of phenolic OH excluding ortho intramolecular Hbond substituents is 1. The molecular weight excluding hydrogens is 616 g/mol. The number of carboxylic acid groups (broad SMARTS) is 1. The van der Waals surface area contributed by atoms with Crippen molar-refractivity contribution in [2.45, 2.75) is 25.6 Å². The lowest BCUT2D eigenvalue weighted by Gasteiger charge is -2.19. The minimum Gasteiger partial charge on any atom is -0.506 e. The summed E-state index contributed by atoms with van der Waals surface area (Å²) in [4.78, 5) is 38.6. The van der Waals surface area contributed by atoms with E-state index in [-0.39, 0.29) is 30.0 Å². The molecule has 0 saturated carbocycles. The van der Waals surface area contributed by atoms with Crippen molar-refractivity contribution < 1.29 is 34.4 Å². The molecule has 1 heterocycles. The smallest absolute Gasteiger partial charge is 0.405 e. The number of aliphatic hydroxyl groups is 1. The summed E-state index contributed by atoms with van der Waals surface area (Å²) in [5, 5.41) is 39.5. The van der Waals surface area contributed by atoms with E-state index in [4.69, 9.17) is 9.47 Å². The van der Waals surface area contributed by atoms with Gasteiger partial charge in [-0.3, -0.25) is 9.59 Å². The van der Waals surface area contributed by atoms with Crippen LogP contribution in [-0.4, -0.2) is 52.1 Å². The third kappa shape index (κ3) is 8.49. The Morgan fingerprint density at radius 3 is 2.46 bits per heavy atom. The maximum absolute atomic E-state index is 12.8. The van der Waals surface area contributed by atoms with Gasteiger partial charge in [-0.1, -0.05) is 54.6 Å². The zero-order valence-electron chi connectivity index (χ0n) is 26.1. The van der Waals surface area contributed by atoms with E-state index in [0.29, 0.717) is 46.9 Å². The summed E-state index contributed by atoms with van der Waals surface area (Å²) < 4.78 is 11.6. The van der Waals surface area contributed by atoms with Gasteiger partial charge in [-0.05, 0) is 53.9 Å². The number of aliphatic hydroxyl groups excluding tert-OH is 1. The van der Waals surface area contributed by atoms with Crippen molar-refractivity contribution in [1.29, 1.82) is 0 Å². The summed E-state index contributed by atoms with van der Waals surface area (Å²) in [7, 11) is 0. The van der Waals surface area contributed by atoms with Crippen molar-refractivity contribution in [2.75, 3.05) is 25.1 Å². The van der Waals surface area contributed by atoms with Gasteiger partial charge in [-0.2, -0.15) is 0 Å². The SMILES string of the molecule is CCOc1cc(NC(=O)COc2cccc(C(NC(=O)O)c3ccccc3)c2)ccc1CNC[C@@H](O)c1ccc(O)c2[nH]c(=O)ccc12. The maximum Gasteiger partial charge on any atom is 0.405 e. The van der Waals surface area contributed by atoms with E-state index in [1.54, 1.807) is 48.5 Å². The zero-order chi connectivity index (χ0) is 34.0. The van der Waals surface area contributed by atoms with Gasteiger partial charge in [0, 0.05) is 41.9 Å². The molecule has 2 atom stereocenters. The van der Waals surface area contributed by atoms with Crippen LogP contribution in [0.15, 0.2) is 102 Å². The fraction of sp³-hybridized carbons (Fsp3) is 0.194. The Bertz CT molecular complexity index is 1950. The van der Waals surface area contributed by atoms with Gasteiger partial charge in [0.05, 0.1) is 24.3 Å². The van der Waals surface area contributed by atoms with Gasteiger partial charge in [-0.25, -0.2) is 4.79 Å². The lowest BCUT2D eigenvalue weighted by molar-refractivity contribution is -0.118. The van der Waals surface area contributed by atoms with Crippen LogP contribution in [-0.2, 0) is 11.3 Å². The van der Waals surface area contributed by atoms with Crippen molar-refractivity contribution in [3.8, 4) is 17.2 Å². The van der Waals surface area contributed by atoms with Gasteiger partial charge in [0.25, 0.3) is 5.91 Å². The predicted molar refractivity (Wildman–Crippen MR) is 181 cm³/mol. The average Bonchev–Trinajstić information content (AvgIpc) is 3.08. The normalized spacial score (nSPS) is 12.2. The number of aromatic hydroxyl groups is 1. The summed E-state index contributed by atoms with van der Waals surface area (Å²) in [5.74, 6) is 0.477. The minimum absolute atomic E-state index is 0.0802. The molecule has 4 aromatic carbocycles. The first-order valence-electron chi connectivity index (χ1n) is 15.3. The quantitative estimate of drug-likeness (QED) is 0.0884. The summed E-state index contributed by atoms with van der Waals surface area (Å²) in [6.07, 6.45) is -2.09. The molecule has 1 aromatic heterocycles. The van der Waals surface area contributed by atoms with Gasteiger partial charge >= 0.3 is 6.09 Å². The molecule has 1 unspecified atom stereocenters. The van der Waals surface area contributed by atoms with Crippen LogP contribution in [0.5, 0.6) is 17.2 Å². The number of benzene rings is 4. The van der Waals surface area contributed by atoms with Crippen LogP contribution < -0.4 is 31.0 Å². The Balaban J connectivity index is 1.18. The van der Waals surface area contributed by atoms with E-state index in [1.807, 2.05) is 43.3 Å². The van der Waals surface area contributed by atoms with Crippen molar-refractivity contribution >= 4 is 28.6 Å². The molecule has 12 heteroatoms. The van der Waals surface area contributed by atoms with Gasteiger partial charge in [0.15, 0.2) is 6.61 Å². The third-order valence-electron chi connectivity index (χ3n) is 7.53. The molecule has 7 N–H and O–H groups in total. The Hall–Kier alpha value is -5.85. The average molecular weight is 653 g/mol. The molecule has 0 fully saturated rings. The van der Waals surface area contributed by atoms with E-state index in [0.717, 1.165) is 11.1 Å². The van der Waals surface area contributed by atoms with Crippen LogP contribution in [0.3, 0.4) is 0 Å². The summed E-state index contributed by atoms with van der Waals surface area (Å²) in [6, 6.07) is 26.6. The molecule has 5 aromatic rings. The number of nitrogens with one attached hydrogen (secondary N) is 4. The Morgan fingerprint density at radius 1 is 0.896 bits per heavy atom. The number of pyridine rings is 1. The second kappa shape index (κ2) is 15.6. The molecule has 0 saturated heterocycles. The number of hydrogen-bond acceptors (Lipinski definition) is 8. The van der Waals surface area contributed by atoms with Crippen LogP contribution in [0.1, 0.15) is 41.3 Å². The number of H-pyrrole nitrogens is 1. The van der Waals surface area contributed by atoms with Crippen LogP contribution in [0.2, 0.25) is 0 Å². The van der Waals surface area contributed by atoms with Gasteiger partial charge in [0.2, 0.25) is 5.56 Å². The van der Waals surface area contributed by atoms with Crippen molar-refractivity contribution in [3.63, 3.8) is 0 Å². The lowest BCUT2D eigenvalue weighted by atomic mass is 9.99. The number of aromatic amines is 1. The molecule has 2 amide bonds. The summed E-state index contributed by atoms with van der Waals surface area (Å²) in [5.41, 5.74) is 3.19. The topological polar surface area (TPSA) is 182 Å². The first-order chi connectivity index (χ1) is 23.2. The molecule has 0 spiro atoms. The van der Waals surface area contributed by atoms with Crippen molar-refractivity contribution in [3.05, 3.63) is 130 Å². The molecule has 0 aliphatic heterocycles. The monoisotopic (exact) mass is 652 g/mol. The molecule has 48 heavy (non-hydrogen) atoms. The highest BCUT2D eigenvalue weighted by Crippen LogP contribution is 2.29. The number of anilines is 1. The summed E-state index contributed by atoms with van der Waals surface area (Å²) in [6.45, 7) is 2.50. The Labute approximate surface area is 276 Å². The van der Waals surface area contributed by atoms with Crippen molar-refractivity contribution in [1.82, 2.24) is 15.6 Å². The van der Waals surface area contributed by atoms with Crippen LogP contribution in [0, 0.1) is 0 Å². The Kier molecular flexibility index (Phi) is 10.9. The van der Waals surface area contributed by atoms with E-state index in [1.165, 1.54) is 12.1 Å². The molecule has 0 aliphatic rings. The van der Waals surface area contributed by atoms with Crippen molar-refractivity contribution in [2.24, 2.45) is 0 Å². The van der Waals surface area contributed by atoms with Crippen LogP contribution in [0.25, 0.3) is 10.9 Å². The first-order valence-corrected chi connectivity index (χ1v) is 15.3. The number of carbonyl (C=O) groups excluding carboxylic acids is 1. The molecule has 0 radical (unpaired) electrons. The molecule has 12 nitrogen and oxygen atoms in total. The van der Waals surface area contributed by atoms with Gasteiger partial charge < -0.3 is 45.7 Å². The highest BCUT2D eigenvalue weighted by molar-refractivity contribution is 5.92. The second-order valence-electron chi connectivity index (χ2n) is 10.9. The van der Waals surface area contributed by atoms with E-state index in [9.17, 15) is 29.7 Å². The number of amides is 2. The number of aromatic nitrogens is 1. The summed E-state index contributed by atoms with van der Waals surface area (Å²) >= 11 is 0.